The molecule has 12 rings (SSSR count). The van der Waals surface area contributed by atoms with Crippen molar-refractivity contribution in [2.24, 2.45) is 0 Å². The number of aromatic nitrogens is 6. The van der Waals surface area contributed by atoms with Crippen LogP contribution in [-0.4, -0.2) is 29.9 Å². The van der Waals surface area contributed by atoms with Crippen molar-refractivity contribution in [3.63, 3.8) is 0 Å². The van der Waals surface area contributed by atoms with Gasteiger partial charge in [-0.25, -0.2) is 29.9 Å². The Bertz CT molecular complexity index is 3330. The molecule has 6 aromatic carbocycles. The first-order chi connectivity index (χ1) is 37.7. The van der Waals surface area contributed by atoms with Crippen LogP contribution in [0.25, 0.3) is 34.2 Å². The summed E-state index contributed by atoms with van der Waals surface area (Å²) in [6.07, 6.45) is 0. The minimum atomic E-state index is -1.49. The van der Waals surface area contributed by atoms with Crippen molar-refractivity contribution in [1.82, 2.24) is 29.9 Å². The summed E-state index contributed by atoms with van der Waals surface area (Å²) in [7, 11) is -1.49. The van der Waals surface area contributed by atoms with E-state index in [2.05, 4.69) is 124 Å². The number of benzene rings is 6. The largest absolute Gasteiger partial charge is 0.295 e. The van der Waals surface area contributed by atoms with Crippen molar-refractivity contribution in [1.29, 1.82) is 0 Å². The van der Waals surface area contributed by atoms with Gasteiger partial charge in [0.1, 0.15) is 17.5 Å². The third-order valence-corrected chi connectivity index (χ3v) is 14.8. The first-order valence-corrected chi connectivity index (χ1v) is 26.4. The van der Waals surface area contributed by atoms with Gasteiger partial charge in [-0.1, -0.05) is 146 Å². The summed E-state index contributed by atoms with van der Waals surface area (Å²) in [5.74, 6) is 2.32. The number of rotatable bonds is 15. The molecule has 0 aliphatic rings. The standard InChI is InChI=1S/C66H48N9P/c1-7-25-49(26-8-1)73(50-27-9-2-10-28-50)61-43-19-37-55(67-61)58-40-22-46-64(70-58)76(65-47-23-41-59(71-65)56-38-20-44-62(68-56)74(51-29-11-3-12-30-51)52-31-13-4-14-32-52)66-48-24-42-60(72-66)57-39-21-45-63(69-57)75(53-33-15-5-16-34-53)54-35-17-6-18-36-54/h1-48H. The van der Waals surface area contributed by atoms with Gasteiger partial charge < -0.3 is 0 Å². The van der Waals surface area contributed by atoms with Gasteiger partial charge >= 0.3 is 0 Å². The van der Waals surface area contributed by atoms with E-state index in [4.69, 9.17) is 29.9 Å². The molecule has 6 aromatic heterocycles. The van der Waals surface area contributed by atoms with Crippen molar-refractivity contribution in [2.45, 2.75) is 0 Å². The van der Waals surface area contributed by atoms with Gasteiger partial charge in [0.25, 0.3) is 0 Å². The zero-order valence-corrected chi connectivity index (χ0v) is 42.1. The normalized spacial score (nSPS) is 11.0. The average Bonchev–Trinajstić information content (AvgIpc) is 3.50. The van der Waals surface area contributed by atoms with Crippen LogP contribution < -0.4 is 31.0 Å². The lowest BCUT2D eigenvalue weighted by Crippen LogP contribution is -2.27. The minimum Gasteiger partial charge on any atom is -0.295 e. The molecule has 0 aliphatic carbocycles. The maximum absolute atomic E-state index is 5.48. The van der Waals surface area contributed by atoms with E-state index < -0.39 is 7.92 Å². The molecule has 0 radical (unpaired) electrons. The number of pyridine rings is 6. The smallest absolute Gasteiger partial charge is 0.138 e. The molecule has 0 spiro atoms. The Labute approximate surface area is 443 Å². The summed E-state index contributed by atoms with van der Waals surface area (Å²) in [6.45, 7) is 0. The highest BCUT2D eigenvalue weighted by molar-refractivity contribution is 7.79. The third-order valence-electron chi connectivity index (χ3n) is 12.7. The average molecular weight is 998 g/mol. The summed E-state index contributed by atoms with van der Waals surface area (Å²) >= 11 is 0. The van der Waals surface area contributed by atoms with Crippen LogP contribution in [0.5, 0.6) is 0 Å². The highest BCUT2D eigenvalue weighted by Gasteiger charge is 2.25. The van der Waals surface area contributed by atoms with E-state index in [1.54, 1.807) is 0 Å². The lowest BCUT2D eigenvalue weighted by molar-refractivity contribution is 1.17. The van der Waals surface area contributed by atoms with Crippen LogP contribution in [0, 0.1) is 0 Å². The first kappa shape index (κ1) is 47.1. The molecule has 0 atom stereocenters. The topological polar surface area (TPSA) is 87.1 Å². The molecule has 0 fully saturated rings. The van der Waals surface area contributed by atoms with Gasteiger partial charge in [-0.2, -0.15) is 0 Å². The molecule has 0 saturated heterocycles. The monoisotopic (exact) mass is 997 g/mol. The maximum atomic E-state index is 5.48. The molecule has 9 nitrogen and oxygen atoms in total. The van der Waals surface area contributed by atoms with Crippen molar-refractivity contribution >= 4 is 75.8 Å². The molecular weight excluding hydrogens is 950 g/mol. The van der Waals surface area contributed by atoms with Crippen molar-refractivity contribution < 1.29 is 0 Å². The zero-order chi connectivity index (χ0) is 50.9. The molecule has 0 amide bonds. The van der Waals surface area contributed by atoms with Gasteiger partial charge in [-0.3, -0.25) is 14.7 Å². The van der Waals surface area contributed by atoms with E-state index in [1.807, 2.05) is 182 Å². The summed E-state index contributed by atoms with van der Waals surface area (Å²) < 4.78 is 0. The van der Waals surface area contributed by atoms with E-state index in [0.29, 0.717) is 0 Å². The van der Waals surface area contributed by atoms with Crippen molar-refractivity contribution in [2.75, 3.05) is 14.7 Å². The highest BCUT2D eigenvalue weighted by Crippen LogP contribution is 2.39. The van der Waals surface area contributed by atoms with E-state index in [0.717, 1.165) is 102 Å². The molecule has 76 heavy (non-hydrogen) atoms. The van der Waals surface area contributed by atoms with Crippen LogP contribution in [0.4, 0.5) is 51.6 Å². The second kappa shape index (κ2) is 22.0. The van der Waals surface area contributed by atoms with E-state index in [-0.39, 0.29) is 0 Å². The second-order valence-electron chi connectivity index (χ2n) is 17.6. The van der Waals surface area contributed by atoms with Gasteiger partial charge in [-0.05, 0) is 146 Å². The Kier molecular flexibility index (Phi) is 13.6. The fourth-order valence-electron chi connectivity index (χ4n) is 9.20. The molecule has 12 aromatic rings. The Morgan fingerprint density at radius 2 is 0.382 bits per heavy atom. The summed E-state index contributed by atoms with van der Waals surface area (Å²) in [5, 5.41) is 0. The van der Waals surface area contributed by atoms with Crippen LogP contribution in [0.2, 0.25) is 0 Å². The predicted octanol–water partition coefficient (Wildman–Crippen LogP) is 15.2. The molecule has 0 bridgehead atoms. The minimum absolute atomic E-state index is 0.729. The van der Waals surface area contributed by atoms with E-state index in [1.165, 1.54) is 0 Å². The molecule has 10 heteroatoms. The van der Waals surface area contributed by atoms with E-state index in [9.17, 15) is 0 Å². The predicted molar refractivity (Wildman–Crippen MR) is 312 cm³/mol. The fourth-order valence-corrected chi connectivity index (χ4v) is 11.2. The molecule has 0 saturated carbocycles. The zero-order valence-electron chi connectivity index (χ0n) is 41.2. The fraction of sp³-hybridized carbons (Fsp3) is 0. The maximum Gasteiger partial charge on any atom is 0.138 e. The van der Waals surface area contributed by atoms with Gasteiger partial charge in [0.05, 0.1) is 50.5 Å². The van der Waals surface area contributed by atoms with Crippen LogP contribution in [0.1, 0.15) is 0 Å². The summed E-state index contributed by atoms with van der Waals surface area (Å²) in [4.78, 5) is 38.8. The Balaban J connectivity index is 0.969. The Morgan fingerprint density at radius 3 is 0.605 bits per heavy atom. The third kappa shape index (κ3) is 10.2. The van der Waals surface area contributed by atoms with Crippen LogP contribution >= 0.6 is 7.92 Å². The van der Waals surface area contributed by atoms with Gasteiger partial charge in [-0.15, -0.1) is 0 Å². The number of para-hydroxylation sites is 6. The van der Waals surface area contributed by atoms with Crippen LogP contribution in [0.15, 0.2) is 291 Å². The van der Waals surface area contributed by atoms with Crippen LogP contribution in [-0.2, 0) is 0 Å². The van der Waals surface area contributed by atoms with Gasteiger partial charge in [0, 0.05) is 42.0 Å². The van der Waals surface area contributed by atoms with Gasteiger partial charge in [0.15, 0.2) is 0 Å². The van der Waals surface area contributed by atoms with Crippen LogP contribution in [0.3, 0.4) is 0 Å². The van der Waals surface area contributed by atoms with Gasteiger partial charge in [0.2, 0.25) is 0 Å². The summed E-state index contributed by atoms with van der Waals surface area (Å²) in [5.41, 5.74) is 12.9. The number of hydrogen-bond donors (Lipinski definition) is 0. The molecular formula is C66H48N9P. The molecule has 0 aliphatic heterocycles. The van der Waals surface area contributed by atoms with Crippen molar-refractivity contribution in [3.8, 4) is 34.2 Å². The number of nitrogens with zero attached hydrogens (tertiary/aromatic N) is 9. The lowest BCUT2D eigenvalue weighted by Gasteiger charge is -2.25. The molecule has 362 valence electrons. The lowest BCUT2D eigenvalue weighted by atomic mass is 10.2. The molecule has 6 heterocycles. The summed E-state index contributed by atoms with van der Waals surface area (Å²) in [6, 6.07) is 98.6. The Morgan fingerprint density at radius 1 is 0.184 bits per heavy atom. The van der Waals surface area contributed by atoms with Crippen molar-refractivity contribution in [3.05, 3.63) is 291 Å². The Hall–Kier alpha value is -9.95. The molecule has 0 unspecified atom stereocenters. The molecule has 0 N–H and O–H groups in total. The SMILES string of the molecule is c1ccc(N(c2ccccc2)c2cccc(-c3cccc(P(c4cccc(-c5cccc(N(c6ccccc6)c6ccccc6)n5)n4)c4cccc(-c5cccc(N(c6ccccc6)c6ccccc6)n5)n4)n3)n2)cc1. The van der Waals surface area contributed by atoms with E-state index >= 15 is 0 Å². The second-order valence-corrected chi connectivity index (χ2v) is 19.7. The highest BCUT2D eigenvalue weighted by atomic mass is 31.1. The first-order valence-electron chi connectivity index (χ1n) is 25.0. The quantitative estimate of drug-likeness (QED) is 0.0932. The number of hydrogen-bond acceptors (Lipinski definition) is 9. The number of anilines is 9.